The summed E-state index contributed by atoms with van der Waals surface area (Å²) in [6.07, 6.45) is 1.45. The molecule has 1 aliphatic rings. The number of amides is 1. The molecule has 1 atom stereocenters. The Kier molecular flexibility index (Phi) is 11.9. The zero-order chi connectivity index (χ0) is 32.3. The fourth-order valence-corrected chi connectivity index (χ4v) is 5.30. The maximum atomic E-state index is 13.6. The highest BCUT2D eigenvalue weighted by Crippen LogP contribution is 2.37. The lowest BCUT2D eigenvalue weighted by molar-refractivity contribution is -0.139. The van der Waals surface area contributed by atoms with Gasteiger partial charge in [-0.1, -0.05) is 30.3 Å². The Bertz CT molecular complexity index is 1630. The van der Waals surface area contributed by atoms with Gasteiger partial charge in [0.2, 0.25) is 0 Å². The molecule has 0 saturated heterocycles. The number of thiocarbonyl (C=S) groups is 1. The maximum Gasteiger partial charge on any atom is 0.338 e. The third-order valence-corrected chi connectivity index (χ3v) is 7.17. The van der Waals surface area contributed by atoms with Gasteiger partial charge in [0.25, 0.3) is 5.91 Å². The predicted molar refractivity (Wildman–Crippen MR) is 175 cm³/mol. The van der Waals surface area contributed by atoms with Gasteiger partial charge in [-0.15, -0.1) is 0 Å². The van der Waals surface area contributed by atoms with Gasteiger partial charge < -0.3 is 29.6 Å². The second-order valence-corrected chi connectivity index (χ2v) is 10.9. The van der Waals surface area contributed by atoms with Gasteiger partial charge in [0.1, 0.15) is 18.2 Å². The molecule has 0 unspecified atom stereocenters. The predicted octanol–water partition coefficient (Wildman–Crippen LogP) is 5.45. The molecule has 0 fully saturated rings. The van der Waals surface area contributed by atoms with Crippen molar-refractivity contribution in [1.29, 1.82) is 0 Å². The lowest BCUT2D eigenvalue weighted by atomic mass is 9.95. The summed E-state index contributed by atoms with van der Waals surface area (Å²) in [6.45, 7) is 5.70. The highest BCUT2D eigenvalue weighted by molar-refractivity contribution is 9.10. The topological polar surface area (TPSA) is 120 Å². The van der Waals surface area contributed by atoms with Gasteiger partial charge in [-0.3, -0.25) is 4.79 Å². The molecular weight excluding hydrogens is 667 g/mol. The first-order valence-corrected chi connectivity index (χ1v) is 15.2. The highest BCUT2D eigenvalue weighted by atomic mass is 79.9. The Balaban J connectivity index is 1.41. The minimum atomic E-state index is -0.645. The van der Waals surface area contributed by atoms with Gasteiger partial charge >= 0.3 is 5.97 Å². The quantitative estimate of drug-likeness (QED) is 0.0927. The van der Waals surface area contributed by atoms with Crippen molar-refractivity contribution in [2.75, 3.05) is 19.8 Å². The van der Waals surface area contributed by atoms with Crippen molar-refractivity contribution in [2.45, 2.75) is 33.4 Å². The number of para-hydroxylation sites is 1. The summed E-state index contributed by atoms with van der Waals surface area (Å²) >= 11 is 8.82. The summed E-state index contributed by atoms with van der Waals surface area (Å²) < 4.78 is 36.9. The molecule has 1 aliphatic heterocycles. The molecule has 4 rings (SSSR count). The molecule has 1 amide bonds. The maximum absolute atomic E-state index is 13.6. The first kappa shape index (κ1) is 33.4. The van der Waals surface area contributed by atoms with Crippen LogP contribution in [0.4, 0.5) is 4.39 Å². The van der Waals surface area contributed by atoms with Crippen LogP contribution in [0.3, 0.4) is 0 Å². The molecule has 236 valence electrons. The van der Waals surface area contributed by atoms with Gasteiger partial charge in [0.05, 0.1) is 35.5 Å². The Labute approximate surface area is 274 Å². The molecule has 1 heterocycles. The summed E-state index contributed by atoms with van der Waals surface area (Å²) in [5.74, 6) is -0.0567. The van der Waals surface area contributed by atoms with Gasteiger partial charge in [0, 0.05) is 11.3 Å². The van der Waals surface area contributed by atoms with Gasteiger partial charge in [0.15, 0.2) is 23.2 Å². The zero-order valence-corrected chi connectivity index (χ0v) is 27.2. The Morgan fingerprint density at radius 1 is 1.04 bits per heavy atom. The molecule has 0 spiro atoms. The second kappa shape index (κ2) is 16.0. The summed E-state index contributed by atoms with van der Waals surface area (Å²) in [6, 6.07) is 16.0. The number of hydrogen-bond acceptors (Lipinski definition) is 8. The fourth-order valence-electron chi connectivity index (χ4n) is 4.46. The number of allylic oxidation sites excluding steroid dienone is 1. The molecule has 3 N–H and O–H groups in total. The molecule has 10 nitrogen and oxygen atoms in total. The molecule has 0 saturated carbocycles. The molecule has 3 aromatic carbocycles. The number of carbonyl (C=O) groups is 2. The summed E-state index contributed by atoms with van der Waals surface area (Å²) in [4.78, 5) is 25.4. The van der Waals surface area contributed by atoms with E-state index >= 15 is 0 Å². The standard InChI is InChI=1S/C32H32BrFN4O6S/c1-4-41-26-15-21(14-24(33)30(26)44-17-20-9-8-10-22(34)13-20)16-35-38-27(39)18-43-25-12-7-6-11-23(25)29-28(31(40)42-5-2)19(3)36-32(45)37-29/h6-16,29H,4-5,17-18H2,1-3H3,(H,38,39)(H2,36,37,45)/t29-/m1/s1. The third kappa shape index (κ3) is 9.02. The van der Waals surface area contributed by atoms with E-state index in [1.807, 2.05) is 6.92 Å². The van der Waals surface area contributed by atoms with Crippen LogP contribution >= 0.6 is 28.1 Å². The number of esters is 1. The first-order valence-electron chi connectivity index (χ1n) is 14.0. The molecule has 0 bridgehead atoms. The second-order valence-electron chi connectivity index (χ2n) is 9.59. The van der Waals surface area contributed by atoms with Crippen molar-refractivity contribution >= 4 is 51.4 Å². The van der Waals surface area contributed by atoms with Crippen LogP contribution in [0, 0.1) is 5.82 Å². The molecule has 3 aromatic rings. The lowest BCUT2D eigenvalue weighted by Gasteiger charge is -2.30. The number of carbonyl (C=O) groups excluding carboxylic acids is 2. The number of ether oxygens (including phenoxy) is 4. The Morgan fingerprint density at radius 2 is 1.84 bits per heavy atom. The summed E-state index contributed by atoms with van der Waals surface area (Å²) in [5, 5.41) is 10.4. The number of benzene rings is 3. The van der Waals surface area contributed by atoms with E-state index in [4.69, 9.17) is 31.2 Å². The van der Waals surface area contributed by atoms with E-state index in [1.54, 1.807) is 62.4 Å². The summed E-state index contributed by atoms with van der Waals surface area (Å²) in [7, 11) is 0. The van der Waals surface area contributed by atoms with Gasteiger partial charge in [-0.05, 0) is 90.4 Å². The van der Waals surface area contributed by atoms with Crippen molar-refractivity contribution in [3.63, 3.8) is 0 Å². The van der Waals surface area contributed by atoms with Crippen LogP contribution in [0.25, 0.3) is 0 Å². The smallest absolute Gasteiger partial charge is 0.338 e. The van der Waals surface area contributed by atoms with E-state index < -0.39 is 17.9 Å². The highest BCUT2D eigenvalue weighted by Gasteiger charge is 2.32. The fraction of sp³-hybridized carbons (Fsp3) is 0.250. The SMILES string of the molecule is CCOC(=O)C1=C(C)NC(=S)N[C@@H]1c1ccccc1OCC(=O)NN=Cc1cc(Br)c(OCc2cccc(F)c2)c(OCC)c1. The molecule has 0 aliphatic carbocycles. The Hall–Kier alpha value is -4.49. The number of rotatable bonds is 13. The van der Waals surface area contributed by atoms with Crippen LogP contribution in [0.1, 0.15) is 43.5 Å². The average molecular weight is 700 g/mol. The van der Waals surface area contributed by atoms with Crippen LogP contribution in [-0.4, -0.2) is 43.0 Å². The number of nitrogens with zero attached hydrogens (tertiary/aromatic N) is 1. The number of nitrogens with one attached hydrogen (secondary N) is 3. The summed E-state index contributed by atoms with van der Waals surface area (Å²) in [5.41, 5.74) is 5.27. The van der Waals surface area contributed by atoms with Crippen LogP contribution in [-0.2, 0) is 20.9 Å². The first-order chi connectivity index (χ1) is 21.7. The van der Waals surface area contributed by atoms with E-state index in [1.165, 1.54) is 18.3 Å². The number of hydrogen-bond donors (Lipinski definition) is 3. The van der Waals surface area contributed by atoms with Gasteiger partial charge in [-0.2, -0.15) is 5.10 Å². The average Bonchev–Trinajstić information content (AvgIpc) is 2.99. The van der Waals surface area contributed by atoms with E-state index in [0.717, 1.165) is 0 Å². The van der Waals surface area contributed by atoms with Crippen molar-refractivity contribution in [3.05, 3.63) is 98.9 Å². The van der Waals surface area contributed by atoms with Crippen LogP contribution in [0.5, 0.6) is 17.2 Å². The molecule has 45 heavy (non-hydrogen) atoms. The van der Waals surface area contributed by atoms with Crippen LogP contribution in [0.2, 0.25) is 0 Å². The van der Waals surface area contributed by atoms with E-state index in [0.29, 0.717) is 61.4 Å². The van der Waals surface area contributed by atoms with Crippen LogP contribution in [0.15, 0.2) is 81.5 Å². The van der Waals surface area contributed by atoms with Crippen molar-refractivity contribution in [3.8, 4) is 17.2 Å². The lowest BCUT2D eigenvalue weighted by Crippen LogP contribution is -2.45. The van der Waals surface area contributed by atoms with Crippen molar-refractivity contribution < 1.29 is 32.9 Å². The van der Waals surface area contributed by atoms with E-state index in [-0.39, 0.29) is 25.6 Å². The zero-order valence-electron chi connectivity index (χ0n) is 24.8. The molecule has 0 aromatic heterocycles. The number of hydrazone groups is 1. The monoisotopic (exact) mass is 698 g/mol. The minimum Gasteiger partial charge on any atom is -0.490 e. The van der Waals surface area contributed by atoms with E-state index in [9.17, 15) is 14.0 Å². The molecular formula is C32H32BrFN4O6S. The number of halogens is 2. The van der Waals surface area contributed by atoms with Crippen molar-refractivity contribution in [1.82, 2.24) is 16.1 Å². The van der Waals surface area contributed by atoms with E-state index in [2.05, 4.69) is 37.1 Å². The van der Waals surface area contributed by atoms with Gasteiger partial charge in [-0.25, -0.2) is 14.6 Å². The normalized spacial score (nSPS) is 14.4. The Morgan fingerprint density at radius 3 is 2.60 bits per heavy atom. The minimum absolute atomic E-state index is 0.142. The van der Waals surface area contributed by atoms with Crippen LogP contribution < -0.4 is 30.3 Å². The largest absolute Gasteiger partial charge is 0.490 e. The third-order valence-electron chi connectivity index (χ3n) is 6.36. The molecule has 0 radical (unpaired) electrons. The molecule has 13 heteroatoms. The van der Waals surface area contributed by atoms with Crippen molar-refractivity contribution in [2.24, 2.45) is 5.10 Å².